The van der Waals surface area contributed by atoms with E-state index in [2.05, 4.69) is 16.0 Å². The number of para-hydroxylation sites is 1. The van der Waals surface area contributed by atoms with Crippen molar-refractivity contribution in [2.45, 2.75) is 25.3 Å². The number of sulfonamides is 1. The zero-order valence-electron chi connectivity index (χ0n) is 13.1. The lowest BCUT2D eigenvalue weighted by Gasteiger charge is -2.38. The maximum atomic E-state index is 12.2. The van der Waals surface area contributed by atoms with Gasteiger partial charge in [-0.1, -0.05) is 18.2 Å². The minimum atomic E-state index is -3.04. The van der Waals surface area contributed by atoms with Crippen molar-refractivity contribution in [2.24, 2.45) is 0 Å². The van der Waals surface area contributed by atoms with Crippen LogP contribution in [0.15, 0.2) is 36.5 Å². The van der Waals surface area contributed by atoms with Crippen LogP contribution in [-0.2, 0) is 10.0 Å². The van der Waals surface area contributed by atoms with Gasteiger partial charge in [-0.25, -0.2) is 8.42 Å². The first-order chi connectivity index (χ1) is 11.1. The average molecular weight is 331 g/mol. The molecule has 2 aliphatic rings. The first-order valence-electron chi connectivity index (χ1n) is 8.23. The average Bonchev–Trinajstić information content (AvgIpc) is 2.94. The Morgan fingerprint density at radius 3 is 2.78 bits per heavy atom. The Morgan fingerprint density at radius 1 is 1.09 bits per heavy atom. The fraction of sp³-hybridized carbons (Fsp3) is 0.471. The van der Waals surface area contributed by atoms with Crippen LogP contribution in [0.3, 0.4) is 0 Å². The lowest BCUT2D eigenvalue weighted by Crippen LogP contribution is -2.48. The highest BCUT2D eigenvalue weighted by Crippen LogP contribution is 2.30. The minimum Gasteiger partial charge on any atom is -0.369 e. The van der Waals surface area contributed by atoms with Crippen LogP contribution in [0.4, 0.5) is 5.69 Å². The van der Waals surface area contributed by atoms with Crippen molar-refractivity contribution in [3.63, 3.8) is 0 Å². The van der Waals surface area contributed by atoms with E-state index in [1.165, 1.54) is 0 Å². The number of fused-ring (bicyclic) bond motifs is 1. The van der Waals surface area contributed by atoms with Crippen molar-refractivity contribution >= 4 is 26.6 Å². The Kier molecular flexibility index (Phi) is 3.73. The summed E-state index contributed by atoms with van der Waals surface area (Å²) < 4.78 is 26.2. The molecule has 2 saturated heterocycles. The molecule has 0 spiro atoms. The number of piperidine rings is 1. The predicted molar refractivity (Wildman–Crippen MR) is 92.1 cm³/mol. The summed E-state index contributed by atoms with van der Waals surface area (Å²) in [7, 11) is -3.04. The zero-order chi connectivity index (χ0) is 15.9. The molecule has 2 fully saturated rings. The second-order valence-corrected chi connectivity index (χ2v) is 8.41. The van der Waals surface area contributed by atoms with Crippen molar-refractivity contribution in [3.05, 3.63) is 36.5 Å². The lowest BCUT2D eigenvalue weighted by atomic mass is 10.0. The van der Waals surface area contributed by atoms with E-state index in [0.717, 1.165) is 48.9 Å². The Hall–Kier alpha value is -1.66. The van der Waals surface area contributed by atoms with Crippen molar-refractivity contribution in [1.82, 2.24) is 9.29 Å². The van der Waals surface area contributed by atoms with Gasteiger partial charge in [0.05, 0.1) is 11.3 Å². The zero-order valence-corrected chi connectivity index (χ0v) is 13.9. The molecule has 0 aliphatic carbocycles. The molecule has 0 amide bonds. The van der Waals surface area contributed by atoms with Crippen molar-refractivity contribution in [3.8, 4) is 0 Å². The maximum Gasteiger partial charge on any atom is 0.214 e. The molecular formula is C17H21N3O2S. The molecule has 1 atom stereocenters. The number of benzene rings is 1. The monoisotopic (exact) mass is 331 g/mol. The molecule has 1 unspecified atom stereocenters. The summed E-state index contributed by atoms with van der Waals surface area (Å²) in [5, 5.41) is 1.14. The summed E-state index contributed by atoms with van der Waals surface area (Å²) in [6.45, 7) is 2.42. The number of hydrogen-bond donors (Lipinski definition) is 0. The van der Waals surface area contributed by atoms with Crippen molar-refractivity contribution in [1.29, 1.82) is 0 Å². The van der Waals surface area contributed by atoms with Gasteiger partial charge in [-0.3, -0.25) is 4.98 Å². The van der Waals surface area contributed by atoms with E-state index in [1.54, 1.807) is 4.31 Å². The Morgan fingerprint density at radius 2 is 1.96 bits per heavy atom. The molecule has 2 aromatic rings. The number of nitrogens with zero attached hydrogens (tertiary/aromatic N) is 3. The molecule has 122 valence electrons. The topological polar surface area (TPSA) is 53.5 Å². The van der Waals surface area contributed by atoms with Crippen LogP contribution in [0, 0.1) is 0 Å². The molecule has 0 bridgehead atoms. The molecule has 1 aromatic heterocycles. The highest BCUT2D eigenvalue weighted by Gasteiger charge is 2.36. The Labute approximate surface area is 137 Å². The van der Waals surface area contributed by atoms with E-state index in [0.29, 0.717) is 12.3 Å². The molecule has 0 saturated carbocycles. The second kappa shape index (κ2) is 5.76. The highest BCUT2D eigenvalue weighted by atomic mass is 32.2. The van der Waals surface area contributed by atoms with Crippen LogP contribution in [0.5, 0.6) is 0 Å². The molecule has 23 heavy (non-hydrogen) atoms. The van der Waals surface area contributed by atoms with Gasteiger partial charge in [0.25, 0.3) is 0 Å². The van der Waals surface area contributed by atoms with Crippen LogP contribution in [0.2, 0.25) is 0 Å². The van der Waals surface area contributed by atoms with E-state index in [4.69, 9.17) is 0 Å². The molecule has 1 aromatic carbocycles. The van der Waals surface area contributed by atoms with E-state index in [-0.39, 0.29) is 6.04 Å². The van der Waals surface area contributed by atoms with Gasteiger partial charge in [-0.15, -0.1) is 0 Å². The quantitative estimate of drug-likeness (QED) is 0.847. The van der Waals surface area contributed by atoms with Gasteiger partial charge in [-0.2, -0.15) is 4.31 Å². The van der Waals surface area contributed by atoms with Gasteiger partial charge in [0, 0.05) is 42.9 Å². The first kappa shape index (κ1) is 14.9. The van der Waals surface area contributed by atoms with Crippen LogP contribution >= 0.6 is 0 Å². The Bertz CT molecular complexity index is 816. The summed E-state index contributed by atoms with van der Waals surface area (Å²) in [4.78, 5) is 6.75. The van der Waals surface area contributed by atoms with E-state index in [9.17, 15) is 8.42 Å². The third kappa shape index (κ3) is 2.70. The molecule has 0 radical (unpaired) electrons. The van der Waals surface area contributed by atoms with Gasteiger partial charge in [-0.05, 0) is 31.4 Å². The molecule has 0 N–H and O–H groups in total. The van der Waals surface area contributed by atoms with Gasteiger partial charge < -0.3 is 4.90 Å². The standard InChI is InChI=1S/C17H21N3O2S/c21-23(22)12-4-11-20(23)14-5-3-10-19(13-14)17-8-9-18-16-7-2-1-6-15(16)17/h1-2,6-9,14H,3-5,10-13H2. The van der Waals surface area contributed by atoms with Gasteiger partial charge in [0.1, 0.15) is 0 Å². The van der Waals surface area contributed by atoms with Crippen LogP contribution < -0.4 is 4.90 Å². The molecule has 5 nitrogen and oxygen atoms in total. The summed E-state index contributed by atoms with van der Waals surface area (Å²) in [5.74, 6) is 0.307. The fourth-order valence-electron chi connectivity index (χ4n) is 3.83. The third-order valence-corrected chi connectivity index (χ3v) is 6.91. The maximum absolute atomic E-state index is 12.2. The van der Waals surface area contributed by atoms with Crippen molar-refractivity contribution < 1.29 is 8.42 Å². The lowest BCUT2D eigenvalue weighted by molar-refractivity contribution is 0.299. The number of anilines is 1. The highest BCUT2D eigenvalue weighted by molar-refractivity contribution is 7.89. The van der Waals surface area contributed by atoms with E-state index >= 15 is 0 Å². The molecule has 3 heterocycles. The van der Waals surface area contributed by atoms with Gasteiger partial charge >= 0.3 is 0 Å². The van der Waals surface area contributed by atoms with Crippen LogP contribution in [0.1, 0.15) is 19.3 Å². The van der Waals surface area contributed by atoms with E-state index in [1.807, 2.05) is 30.5 Å². The molecule has 6 heteroatoms. The second-order valence-electron chi connectivity index (χ2n) is 6.37. The van der Waals surface area contributed by atoms with Gasteiger partial charge in [0.2, 0.25) is 10.0 Å². The van der Waals surface area contributed by atoms with Gasteiger partial charge in [0.15, 0.2) is 0 Å². The smallest absolute Gasteiger partial charge is 0.214 e. The number of aromatic nitrogens is 1. The molecular weight excluding hydrogens is 310 g/mol. The summed E-state index contributed by atoms with van der Waals surface area (Å²) in [6, 6.07) is 10.3. The van der Waals surface area contributed by atoms with Crippen LogP contribution in [-0.4, -0.2) is 49.1 Å². The number of pyridine rings is 1. The molecule has 2 aliphatic heterocycles. The Balaban J connectivity index is 1.64. The first-order valence-corrected chi connectivity index (χ1v) is 9.84. The summed E-state index contributed by atoms with van der Waals surface area (Å²) in [6.07, 6.45) is 4.58. The van der Waals surface area contributed by atoms with Crippen LogP contribution in [0.25, 0.3) is 10.9 Å². The summed E-state index contributed by atoms with van der Waals surface area (Å²) in [5.41, 5.74) is 2.15. The largest absolute Gasteiger partial charge is 0.369 e. The third-order valence-electron chi connectivity index (χ3n) is 4.91. The summed E-state index contributed by atoms with van der Waals surface area (Å²) >= 11 is 0. The fourth-order valence-corrected chi connectivity index (χ4v) is 5.60. The SMILES string of the molecule is O=S1(=O)CCCN1C1CCCN(c2ccnc3ccccc23)C1. The normalized spacial score (nSPS) is 25.0. The number of hydrogen-bond acceptors (Lipinski definition) is 4. The number of rotatable bonds is 2. The predicted octanol–water partition coefficient (Wildman–Crippen LogP) is 2.24. The molecule has 4 rings (SSSR count). The van der Waals surface area contributed by atoms with E-state index < -0.39 is 10.0 Å². The van der Waals surface area contributed by atoms with Crippen molar-refractivity contribution in [2.75, 3.05) is 30.3 Å². The minimum absolute atomic E-state index is 0.100.